The first-order valence-electron chi connectivity index (χ1n) is 5.05. The molecule has 0 aliphatic heterocycles. The zero-order valence-electron chi connectivity index (χ0n) is 9.07. The van der Waals surface area contributed by atoms with Crippen molar-refractivity contribution in [2.24, 2.45) is 5.73 Å². The Morgan fingerprint density at radius 2 is 2.12 bits per heavy atom. The number of nitrogens with two attached hydrogens (primary N) is 1. The molecule has 4 N–H and O–H groups in total. The molecular weight excluding hydrogens is 288 g/mol. The summed E-state index contributed by atoms with van der Waals surface area (Å²) in [5.74, 6) is -0.863. The summed E-state index contributed by atoms with van der Waals surface area (Å²) in [6.07, 6.45) is 0.709. The van der Waals surface area contributed by atoms with Gasteiger partial charge in [-0.15, -0.1) is 0 Å². The van der Waals surface area contributed by atoms with Gasteiger partial charge in [0, 0.05) is 17.4 Å². The van der Waals surface area contributed by atoms with Gasteiger partial charge in [-0.2, -0.15) is 0 Å². The van der Waals surface area contributed by atoms with E-state index in [0.717, 1.165) is 0 Å². The van der Waals surface area contributed by atoms with Gasteiger partial charge in [-0.05, 0) is 24.6 Å². The number of halogens is 1. The molecule has 0 saturated carbocycles. The third-order valence-electron chi connectivity index (χ3n) is 2.09. The number of benzene rings is 1. The molecule has 0 radical (unpaired) electrons. The van der Waals surface area contributed by atoms with Gasteiger partial charge in [-0.3, -0.25) is 9.59 Å². The molecule has 17 heavy (non-hydrogen) atoms. The second-order valence-electron chi connectivity index (χ2n) is 3.49. The van der Waals surface area contributed by atoms with Crippen LogP contribution in [0.3, 0.4) is 0 Å². The molecule has 0 aliphatic rings. The van der Waals surface area contributed by atoms with Gasteiger partial charge in [-0.25, -0.2) is 0 Å². The van der Waals surface area contributed by atoms with Crippen molar-refractivity contribution in [1.29, 1.82) is 0 Å². The SMILES string of the molecule is NC(=O)CCCNC(=O)c1cc(Br)ccc1O. The average molecular weight is 301 g/mol. The number of rotatable bonds is 5. The fourth-order valence-corrected chi connectivity index (χ4v) is 1.61. The predicted molar refractivity (Wildman–Crippen MR) is 66.6 cm³/mol. The summed E-state index contributed by atoms with van der Waals surface area (Å²) in [7, 11) is 0. The van der Waals surface area contributed by atoms with E-state index in [2.05, 4.69) is 21.2 Å². The van der Waals surface area contributed by atoms with Gasteiger partial charge in [0.25, 0.3) is 5.91 Å². The first-order valence-corrected chi connectivity index (χ1v) is 5.85. The molecule has 0 saturated heterocycles. The molecule has 0 bridgehead atoms. The number of phenols is 1. The molecule has 0 fully saturated rings. The Balaban J connectivity index is 2.52. The van der Waals surface area contributed by atoms with E-state index in [0.29, 0.717) is 17.4 Å². The van der Waals surface area contributed by atoms with Crippen molar-refractivity contribution >= 4 is 27.7 Å². The maximum absolute atomic E-state index is 11.7. The number of hydrogen-bond donors (Lipinski definition) is 3. The standard InChI is InChI=1S/C11H13BrN2O3/c12-7-3-4-9(15)8(6-7)11(17)14-5-1-2-10(13)16/h3-4,6,15H,1-2,5H2,(H2,13,16)(H,14,17). The van der Waals surface area contributed by atoms with Crippen molar-refractivity contribution < 1.29 is 14.7 Å². The van der Waals surface area contributed by atoms with Gasteiger partial charge < -0.3 is 16.2 Å². The third kappa shape index (κ3) is 4.44. The molecule has 0 spiro atoms. The molecule has 0 atom stereocenters. The normalized spacial score (nSPS) is 9.94. The fourth-order valence-electron chi connectivity index (χ4n) is 1.25. The molecule has 1 rings (SSSR count). The van der Waals surface area contributed by atoms with E-state index in [-0.39, 0.29) is 23.6 Å². The van der Waals surface area contributed by atoms with Crippen LogP contribution in [-0.4, -0.2) is 23.5 Å². The third-order valence-corrected chi connectivity index (χ3v) is 2.58. The first kappa shape index (κ1) is 13.5. The molecular formula is C11H13BrN2O3. The second kappa shape index (κ2) is 6.24. The average Bonchev–Trinajstić information content (AvgIpc) is 2.27. The van der Waals surface area contributed by atoms with Crippen molar-refractivity contribution in [3.63, 3.8) is 0 Å². The van der Waals surface area contributed by atoms with Crippen molar-refractivity contribution in [3.8, 4) is 5.75 Å². The Labute approximate surface area is 107 Å². The minimum absolute atomic E-state index is 0.0828. The highest BCUT2D eigenvalue weighted by Gasteiger charge is 2.10. The smallest absolute Gasteiger partial charge is 0.255 e. The molecule has 92 valence electrons. The first-order chi connectivity index (χ1) is 8.00. The van der Waals surface area contributed by atoms with Gasteiger partial charge >= 0.3 is 0 Å². The van der Waals surface area contributed by atoms with Gasteiger partial charge in [-0.1, -0.05) is 15.9 Å². The van der Waals surface area contributed by atoms with E-state index in [4.69, 9.17) is 5.73 Å². The number of hydrogen-bond acceptors (Lipinski definition) is 3. The van der Waals surface area contributed by atoms with Crippen LogP contribution in [0.2, 0.25) is 0 Å². The number of phenolic OH excluding ortho intramolecular Hbond substituents is 1. The summed E-state index contributed by atoms with van der Waals surface area (Å²) >= 11 is 3.21. The highest BCUT2D eigenvalue weighted by atomic mass is 79.9. The molecule has 0 heterocycles. The molecule has 5 nitrogen and oxygen atoms in total. The fraction of sp³-hybridized carbons (Fsp3) is 0.273. The maximum Gasteiger partial charge on any atom is 0.255 e. The summed E-state index contributed by atoms with van der Waals surface area (Å²) in [6.45, 7) is 0.341. The van der Waals surface area contributed by atoms with Crippen LogP contribution in [0.25, 0.3) is 0 Å². The lowest BCUT2D eigenvalue weighted by atomic mass is 10.2. The summed E-state index contributed by atoms with van der Waals surface area (Å²) < 4.78 is 0.706. The number of amides is 2. The summed E-state index contributed by atoms with van der Waals surface area (Å²) in [5.41, 5.74) is 5.16. The van der Waals surface area contributed by atoms with E-state index in [9.17, 15) is 14.7 Å². The molecule has 1 aromatic carbocycles. The quantitative estimate of drug-likeness (QED) is 0.712. The van der Waals surface area contributed by atoms with Crippen molar-refractivity contribution in [2.75, 3.05) is 6.54 Å². The number of carbonyl (C=O) groups excluding carboxylic acids is 2. The maximum atomic E-state index is 11.7. The Morgan fingerprint density at radius 1 is 1.41 bits per heavy atom. The zero-order chi connectivity index (χ0) is 12.8. The number of carbonyl (C=O) groups is 2. The topological polar surface area (TPSA) is 92.4 Å². The summed E-state index contributed by atoms with van der Waals surface area (Å²) in [6, 6.07) is 4.60. The molecule has 2 amide bonds. The van der Waals surface area contributed by atoms with Crippen LogP contribution in [0.1, 0.15) is 23.2 Å². The molecule has 0 aliphatic carbocycles. The van der Waals surface area contributed by atoms with E-state index in [1.54, 1.807) is 6.07 Å². The van der Waals surface area contributed by atoms with Crippen LogP contribution in [0.4, 0.5) is 0 Å². The van der Waals surface area contributed by atoms with Crippen LogP contribution in [-0.2, 0) is 4.79 Å². The minimum atomic E-state index is -0.399. The molecule has 1 aromatic rings. The highest BCUT2D eigenvalue weighted by molar-refractivity contribution is 9.10. The monoisotopic (exact) mass is 300 g/mol. The Morgan fingerprint density at radius 3 is 2.76 bits per heavy atom. The second-order valence-corrected chi connectivity index (χ2v) is 4.40. The van der Waals surface area contributed by atoms with E-state index in [1.807, 2.05) is 0 Å². The predicted octanol–water partition coefficient (Wildman–Crippen LogP) is 1.15. The van der Waals surface area contributed by atoms with Gasteiger partial charge in [0.1, 0.15) is 5.75 Å². The van der Waals surface area contributed by atoms with Crippen molar-refractivity contribution in [3.05, 3.63) is 28.2 Å². The van der Waals surface area contributed by atoms with Crippen molar-refractivity contribution in [2.45, 2.75) is 12.8 Å². The Kier molecular flexibility index (Phi) is 4.96. The number of nitrogens with one attached hydrogen (secondary N) is 1. The van der Waals surface area contributed by atoms with Crippen LogP contribution >= 0.6 is 15.9 Å². The van der Waals surface area contributed by atoms with Crippen LogP contribution in [0.5, 0.6) is 5.75 Å². The molecule has 0 unspecified atom stereocenters. The molecule has 6 heteroatoms. The van der Waals surface area contributed by atoms with Crippen LogP contribution < -0.4 is 11.1 Å². The lowest BCUT2D eigenvalue weighted by molar-refractivity contribution is -0.118. The zero-order valence-corrected chi connectivity index (χ0v) is 10.7. The lowest BCUT2D eigenvalue weighted by Gasteiger charge is -2.06. The van der Waals surface area contributed by atoms with E-state index >= 15 is 0 Å². The van der Waals surface area contributed by atoms with E-state index in [1.165, 1.54) is 12.1 Å². The van der Waals surface area contributed by atoms with Gasteiger partial charge in [0.2, 0.25) is 5.91 Å². The summed E-state index contributed by atoms with van der Waals surface area (Å²) in [5, 5.41) is 12.1. The molecule has 0 aromatic heterocycles. The Bertz CT molecular complexity index is 435. The number of primary amides is 1. The van der Waals surface area contributed by atoms with Gasteiger partial charge in [0.05, 0.1) is 5.56 Å². The summed E-state index contributed by atoms with van der Waals surface area (Å²) in [4.78, 5) is 22.1. The minimum Gasteiger partial charge on any atom is -0.507 e. The highest BCUT2D eigenvalue weighted by Crippen LogP contribution is 2.21. The van der Waals surface area contributed by atoms with Crippen LogP contribution in [0, 0.1) is 0 Å². The van der Waals surface area contributed by atoms with Crippen LogP contribution in [0.15, 0.2) is 22.7 Å². The largest absolute Gasteiger partial charge is 0.507 e. The van der Waals surface area contributed by atoms with E-state index < -0.39 is 5.91 Å². The lowest BCUT2D eigenvalue weighted by Crippen LogP contribution is -2.25. The Hall–Kier alpha value is -1.56. The van der Waals surface area contributed by atoms with Gasteiger partial charge in [0.15, 0.2) is 0 Å². The number of aromatic hydroxyl groups is 1. The van der Waals surface area contributed by atoms with Crippen molar-refractivity contribution in [1.82, 2.24) is 5.32 Å².